The molecule has 1 fully saturated rings. The summed E-state index contributed by atoms with van der Waals surface area (Å²) in [5.74, 6) is 2.65. The highest BCUT2D eigenvalue weighted by Gasteiger charge is 2.24. The predicted molar refractivity (Wildman–Crippen MR) is 81.6 cm³/mol. The highest BCUT2D eigenvalue weighted by molar-refractivity contribution is 8.00. The minimum atomic E-state index is 0.357. The average Bonchev–Trinajstić information content (AvgIpc) is 2.49. The second-order valence-corrected chi connectivity index (χ2v) is 7.56. The zero-order valence-electron chi connectivity index (χ0n) is 11.1. The van der Waals surface area contributed by atoms with Gasteiger partial charge >= 0.3 is 0 Å². The molecule has 0 aromatic carbocycles. The molecule has 0 amide bonds. The molecule has 1 aliphatic heterocycles. The van der Waals surface area contributed by atoms with E-state index < -0.39 is 0 Å². The van der Waals surface area contributed by atoms with Crippen LogP contribution < -0.4 is 10.6 Å². The van der Waals surface area contributed by atoms with Crippen LogP contribution in [-0.4, -0.2) is 39.8 Å². The van der Waals surface area contributed by atoms with Crippen molar-refractivity contribution >= 4 is 35.2 Å². The average molecular weight is 284 g/mol. The van der Waals surface area contributed by atoms with Gasteiger partial charge in [0.2, 0.25) is 0 Å². The summed E-state index contributed by atoms with van der Waals surface area (Å²) in [6, 6.07) is 1.88. The van der Waals surface area contributed by atoms with Crippen molar-refractivity contribution in [3.63, 3.8) is 0 Å². The first kappa shape index (κ1) is 13.8. The Bertz CT molecular complexity index is 423. The quantitative estimate of drug-likeness (QED) is 0.665. The zero-order chi connectivity index (χ0) is 13.2. The van der Waals surface area contributed by atoms with Gasteiger partial charge in [0.1, 0.15) is 11.6 Å². The first-order valence-electron chi connectivity index (χ1n) is 6.08. The molecule has 2 N–H and O–H groups in total. The molecule has 6 heteroatoms. The lowest BCUT2D eigenvalue weighted by Crippen LogP contribution is -2.28. The third kappa shape index (κ3) is 3.45. The Labute approximate surface area is 117 Å². The van der Waals surface area contributed by atoms with Crippen LogP contribution in [0.5, 0.6) is 0 Å². The molecule has 2 heterocycles. The number of nitrogens with two attached hydrogens (primary N) is 1. The first-order valence-corrected chi connectivity index (χ1v) is 8.29. The van der Waals surface area contributed by atoms with E-state index in [1.54, 1.807) is 0 Å². The van der Waals surface area contributed by atoms with E-state index in [0.717, 1.165) is 36.2 Å². The maximum atomic E-state index is 5.84. The summed E-state index contributed by atoms with van der Waals surface area (Å²) in [6.45, 7) is 6.67. The number of rotatable bonds is 2. The highest BCUT2D eigenvalue weighted by atomic mass is 32.2. The molecule has 4 nitrogen and oxygen atoms in total. The number of nitrogen functional groups attached to an aromatic ring is 1. The largest absolute Gasteiger partial charge is 0.383 e. The van der Waals surface area contributed by atoms with E-state index in [4.69, 9.17) is 5.73 Å². The fourth-order valence-electron chi connectivity index (χ4n) is 1.93. The number of aromatic nitrogens is 2. The second-order valence-electron chi connectivity index (χ2n) is 4.98. The maximum absolute atomic E-state index is 5.84. The summed E-state index contributed by atoms with van der Waals surface area (Å²) in [5, 5.41) is 0.751. The molecule has 1 aromatic heterocycles. The molecule has 0 atom stereocenters. The van der Waals surface area contributed by atoms with Gasteiger partial charge in [-0.1, -0.05) is 25.6 Å². The molecule has 100 valence electrons. The van der Waals surface area contributed by atoms with Crippen LogP contribution in [0.15, 0.2) is 11.2 Å². The summed E-state index contributed by atoms with van der Waals surface area (Å²) < 4.78 is 0.357. The van der Waals surface area contributed by atoms with Gasteiger partial charge in [-0.25, -0.2) is 9.97 Å². The van der Waals surface area contributed by atoms with Crippen molar-refractivity contribution in [2.75, 3.05) is 35.7 Å². The molecule has 0 bridgehead atoms. The van der Waals surface area contributed by atoms with E-state index in [-0.39, 0.29) is 0 Å². The van der Waals surface area contributed by atoms with Gasteiger partial charge in [0, 0.05) is 29.7 Å². The van der Waals surface area contributed by atoms with E-state index in [1.807, 2.05) is 24.1 Å². The van der Waals surface area contributed by atoms with Gasteiger partial charge in [-0.15, -0.1) is 0 Å². The number of hydrogen-bond donors (Lipinski definition) is 1. The Morgan fingerprint density at radius 2 is 2.17 bits per heavy atom. The monoisotopic (exact) mass is 284 g/mol. The maximum Gasteiger partial charge on any atom is 0.191 e. The Morgan fingerprint density at radius 3 is 2.89 bits per heavy atom. The van der Waals surface area contributed by atoms with Gasteiger partial charge in [0.05, 0.1) is 0 Å². The van der Waals surface area contributed by atoms with Crippen molar-refractivity contribution in [2.45, 2.75) is 30.2 Å². The minimum Gasteiger partial charge on any atom is -0.383 e. The summed E-state index contributed by atoms with van der Waals surface area (Å²) >= 11 is 3.56. The standard InChI is InChI=1S/C12H20N4S2/c1-12(2)4-5-16(6-7-18-12)10-8-9(13)14-11(15-10)17-3/h8H,4-7H2,1-3H3,(H2,13,14,15). The van der Waals surface area contributed by atoms with Crippen molar-refractivity contribution in [3.8, 4) is 0 Å². The van der Waals surface area contributed by atoms with Gasteiger partial charge in [0.15, 0.2) is 5.16 Å². The molecule has 1 aromatic rings. The van der Waals surface area contributed by atoms with Crippen LogP contribution in [0.3, 0.4) is 0 Å². The molecule has 2 rings (SSSR count). The lowest BCUT2D eigenvalue weighted by atomic mass is 10.1. The van der Waals surface area contributed by atoms with E-state index in [2.05, 4.69) is 28.7 Å². The lowest BCUT2D eigenvalue weighted by molar-refractivity contribution is 0.633. The third-order valence-corrected chi connectivity index (χ3v) is 4.98. The zero-order valence-corrected chi connectivity index (χ0v) is 12.8. The number of hydrogen-bond acceptors (Lipinski definition) is 6. The predicted octanol–water partition coefficient (Wildman–Crippen LogP) is 2.50. The minimum absolute atomic E-state index is 0.357. The van der Waals surface area contributed by atoms with Crippen LogP contribution >= 0.6 is 23.5 Å². The molecule has 0 radical (unpaired) electrons. The van der Waals surface area contributed by atoms with E-state index in [0.29, 0.717) is 10.6 Å². The molecule has 18 heavy (non-hydrogen) atoms. The molecule has 1 aliphatic rings. The van der Waals surface area contributed by atoms with Gasteiger partial charge in [-0.3, -0.25) is 0 Å². The van der Waals surface area contributed by atoms with Crippen LogP contribution in [-0.2, 0) is 0 Å². The van der Waals surface area contributed by atoms with Crippen LogP contribution in [0.2, 0.25) is 0 Å². The Hall–Kier alpha value is -0.620. The molecule has 1 saturated heterocycles. The summed E-state index contributed by atoms with van der Waals surface area (Å²) in [7, 11) is 0. The molecular weight excluding hydrogens is 264 g/mol. The number of anilines is 2. The first-order chi connectivity index (χ1) is 8.50. The van der Waals surface area contributed by atoms with E-state index in [1.165, 1.54) is 11.8 Å². The lowest BCUT2D eigenvalue weighted by Gasteiger charge is -2.23. The molecule has 0 saturated carbocycles. The summed E-state index contributed by atoms with van der Waals surface area (Å²) in [5.41, 5.74) is 5.84. The van der Waals surface area contributed by atoms with Crippen molar-refractivity contribution in [1.82, 2.24) is 9.97 Å². The van der Waals surface area contributed by atoms with Crippen molar-refractivity contribution < 1.29 is 0 Å². The fourth-order valence-corrected chi connectivity index (χ4v) is 3.41. The normalized spacial score (nSPS) is 19.6. The number of thioether (sulfide) groups is 2. The molecular formula is C12H20N4S2. The van der Waals surface area contributed by atoms with Crippen LogP contribution in [0.25, 0.3) is 0 Å². The second kappa shape index (κ2) is 5.57. The topological polar surface area (TPSA) is 55.0 Å². The molecule has 0 aliphatic carbocycles. The van der Waals surface area contributed by atoms with Gasteiger partial charge in [-0.05, 0) is 12.7 Å². The van der Waals surface area contributed by atoms with Crippen molar-refractivity contribution in [2.24, 2.45) is 0 Å². The van der Waals surface area contributed by atoms with Gasteiger partial charge < -0.3 is 10.6 Å². The third-order valence-electron chi connectivity index (χ3n) is 3.06. The van der Waals surface area contributed by atoms with E-state index in [9.17, 15) is 0 Å². The van der Waals surface area contributed by atoms with Crippen LogP contribution in [0.1, 0.15) is 20.3 Å². The Kier molecular flexibility index (Phi) is 4.27. The molecule has 0 spiro atoms. The Morgan fingerprint density at radius 1 is 1.39 bits per heavy atom. The summed E-state index contributed by atoms with van der Waals surface area (Å²) in [6.07, 6.45) is 3.14. The fraction of sp³-hybridized carbons (Fsp3) is 0.667. The van der Waals surface area contributed by atoms with Crippen LogP contribution in [0, 0.1) is 0 Å². The van der Waals surface area contributed by atoms with E-state index >= 15 is 0 Å². The Balaban J connectivity index is 2.18. The van der Waals surface area contributed by atoms with Crippen LogP contribution in [0.4, 0.5) is 11.6 Å². The SMILES string of the molecule is CSc1nc(N)cc(N2CCSC(C)(C)CC2)n1. The van der Waals surface area contributed by atoms with Crippen molar-refractivity contribution in [3.05, 3.63) is 6.07 Å². The van der Waals surface area contributed by atoms with Gasteiger partial charge in [0.25, 0.3) is 0 Å². The molecule has 0 unspecified atom stereocenters. The van der Waals surface area contributed by atoms with Gasteiger partial charge in [-0.2, -0.15) is 11.8 Å². The van der Waals surface area contributed by atoms with Crippen molar-refractivity contribution in [1.29, 1.82) is 0 Å². The highest BCUT2D eigenvalue weighted by Crippen LogP contribution is 2.32. The smallest absolute Gasteiger partial charge is 0.191 e. The number of nitrogens with zero attached hydrogens (tertiary/aromatic N) is 3. The summed E-state index contributed by atoms with van der Waals surface area (Å²) in [4.78, 5) is 11.1.